The Balaban J connectivity index is 1.69. The first-order valence-corrected chi connectivity index (χ1v) is 10.2. The Bertz CT molecular complexity index is 1050. The van der Waals surface area contributed by atoms with Crippen LogP contribution in [0.1, 0.15) is 5.56 Å². The Kier molecular flexibility index (Phi) is 6.53. The van der Waals surface area contributed by atoms with E-state index in [1.165, 1.54) is 22.5 Å². The third-order valence-corrected chi connectivity index (χ3v) is 5.42. The van der Waals surface area contributed by atoms with Crippen LogP contribution in [0.4, 0.5) is 5.69 Å². The number of nitrogens with one attached hydrogen (secondary N) is 1. The molecule has 3 aromatic rings. The maximum absolute atomic E-state index is 12.3. The molecular formula is C20H18BrN3O3S. The summed E-state index contributed by atoms with van der Waals surface area (Å²) < 4.78 is 7.26. The zero-order chi connectivity index (χ0) is 20.1. The van der Waals surface area contributed by atoms with Crippen molar-refractivity contribution in [3.8, 4) is 11.4 Å². The van der Waals surface area contributed by atoms with Crippen molar-refractivity contribution in [3.63, 3.8) is 0 Å². The number of carbonyl (C=O) groups excluding carboxylic acids is 1. The molecule has 6 nitrogen and oxygen atoms in total. The first-order chi connectivity index (χ1) is 13.5. The summed E-state index contributed by atoms with van der Waals surface area (Å²) in [6.07, 6.45) is 0. The minimum absolute atomic E-state index is 0.154. The molecule has 0 saturated heterocycles. The molecule has 0 bridgehead atoms. The van der Waals surface area contributed by atoms with Crippen molar-refractivity contribution in [2.24, 2.45) is 0 Å². The molecule has 0 atom stereocenters. The van der Waals surface area contributed by atoms with Gasteiger partial charge in [-0.25, -0.2) is 0 Å². The van der Waals surface area contributed by atoms with Crippen molar-refractivity contribution in [2.75, 3.05) is 18.2 Å². The second-order valence-electron chi connectivity index (χ2n) is 5.94. The topological polar surface area (TPSA) is 73.2 Å². The average Bonchev–Trinajstić information content (AvgIpc) is 2.69. The number of hydrogen-bond donors (Lipinski definition) is 1. The molecule has 0 saturated carbocycles. The van der Waals surface area contributed by atoms with Gasteiger partial charge in [0.2, 0.25) is 5.91 Å². The minimum atomic E-state index is -0.248. The minimum Gasteiger partial charge on any atom is -0.497 e. The molecule has 1 amide bonds. The van der Waals surface area contributed by atoms with Gasteiger partial charge in [-0.15, -0.1) is 0 Å². The van der Waals surface area contributed by atoms with Gasteiger partial charge in [0.25, 0.3) is 5.56 Å². The van der Waals surface area contributed by atoms with Gasteiger partial charge in [0.15, 0.2) is 0 Å². The highest BCUT2D eigenvalue weighted by Gasteiger charge is 2.09. The second-order valence-corrected chi connectivity index (χ2v) is 7.79. The molecule has 1 N–H and O–H groups in total. The van der Waals surface area contributed by atoms with Crippen LogP contribution in [-0.4, -0.2) is 28.6 Å². The predicted octanol–water partition coefficient (Wildman–Crippen LogP) is 4.04. The molecule has 0 spiro atoms. The summed E-state index contributed by atoms with van der Waals surface area (Å²) in [5, 5.41) is 7.78. The number of amides is 1. The Morgan fingerprint density at radius 1 is 1.18 bits per heavy atom. The van der Waals surface area contributed by atoms with Crippen LogP contribution in [0.3, 0.4) is 0 Å². The fraction of sp³-hybridized carbons (Fsp3) is 0.150. The highest BCUT2D eigenvalue weighted by atomic mass is 79.9. The van der Waals surface area contributed by atoms with Crippen LogP contribution in [0.2, 0.25) is 0 Å². The molecule has 28 heavy (non-hydrogen) atoms. The summed E-state index contributed by atoms with van der Waals surface area (Å²) in [5.74, 6) is 0.716. The van der Waals surface area contributed by atoms with E-state index in [2.05, 4.69) is 26.3 Å². The summed E-state index contributed by atoms with van der Waals surface area (Å²) in [7, 11) is 1.58. The van der Waals surface area contributed by atoms with Gasteiger partial charge in [-0.2, -0.15) is 9.78 Å². The van der Waals surface area contributed by atoms with E-state index in [9.17, 15) is 9.59 Å². The summed E-state index contributed by atoms with van der Waals surface area (Å²) in [6.45, 7) is 1.98. The Labute approximate surface area is 175 Å². The predicted molar refractivity (Wildman–Crippen MR) is 115 cm³/mol. The van der Waals surface area contributed by atoms with Crippen molar-refractivity contribution in [2.45, 2.75) is 11.9 Å². The molecule has 2 aromatic carbocycles. The van der Waals surface area contributed by atoms with E-state index in [0.29, 0.717) is 22.2 Å². The van der Waals surface area contributed by atoms with Crippen LogP contribution in [0.25, 0.3) is 5.69 Å². The zero-order valence-corrected chi connectivity index (χ0v) is 17.7. The normalized spacial score (nSPS) is 10.5. The molecule has 3 rings (SSSR count). The van der Waals surface area contributed by atoms with E-state index < -0.39 is 0 Å². The number of rotatable bonds is 6. The van der Waals surface area contributed by atoms with E-state index in [4.69, 9.17) is 4.74 Å². The van der Waals surface area contributed by atoms with Gasteiger partial charge >= 0.3 is 0 Å². The number of ether oxygens (including phenoxy) is 1. The van der Waals surface area contributed by atoms with Gasteiger partial charge in [-0.3, -0.25) is 9.59 Å². The van der Waals surface area contributed by atoms with Gasteiger partial charge in [-0.05, 0) is 70.9 Å². The standard InChI is InChI=1S/C20H18BrN3O3S/c1-13-3-8-17(16(21)11-13)22-18(25)12-28-19-9-10-20(26)24(23-19)14-4-6-15(27-2)7-5-14/h3-11H,12H2,1-2H3,(H,22,25). The van der Waals surface area contributed by atoms with Crippen LogP contribution >= 0.6 is 27.7 Å². The number of anilines is 1. The Morgan fingerprint density at radius 2 is 1.93 bits per heavy atom. The van der Waals surface area contributed by atoms with E-state index >= 15 is 0 Å². The van der Waals surface area contributed by atoms with Crippen LogP contribution in [0.5, 0.6) is 5.75 Å². The summed E-state index contributed by atoms with van der Waals surface area (Å²) in [5.41, 5.74) is 2.19. The van der Waals surface area contributed by atoms with E-state index in [-0.39, 0.29) is 17.2 Å². The number of carbonyl (C=O) groups is 1. The van der Waals surface area contributed by atoms with Crippen LogP contribution < -0.4 is 15.6 Å². The van der Waals surface area contributed by atoms with Gasteiger partial charge in [0.05, 0.1) is 24.2 Å². The quantitative estimate of drug-likeness (QED) is 0.563. The van der Waals surface area contributed by atoms with E-state index in [1.54, 1.807) is 37.4 Å². The molecule has 0 aliphatic rings. The van der Waals surface area contributed by atoms with Gasteiger partial charge in [0, 0.05) is 10.5 Å². The molecule has 0 radical (unpaired) electrons. The fourth-order valence-electron chi connectivity index (χ4n) is 2.43. The molecule has 0 aliphatic heterocycles. The third kappa shape index (κ3) is 5.02. The lowest BCUT2D eigenvalue weighted by Crippen LogP contribution is -2.20. The van der Waals surface area contributed by atoms with Crippen molar-refractivity contribution < 1.29 is 9.53 Å². The maximum atomic E-state index is 12.3. The van der Waals surface area contributed by atoms with Gasteiger partial charge in [-0.1, -0.05) is 17.8 Å². The van der Waals surface area contributed by atoms with Crippen LogP contribution in [-0.2, 0) is 4.79 Å². The summed E-state index contributed by atoms with van der Waals surface area (Å²) in [6, 6.07) is 15.8. The molecule has 144 valence electrons. The van der Waals surface area contributed by atoms with Gasteiger partial charge in [0.1, 0.15) is 10.8 Å². The highest BCUT2D eigenvalue weighted by molar-refractivity contribution is 9.10. The SMILES string of the molecule is COc1ccc(-n2nc(SCC(=O)Nc3ccc(C)cc3Br)ccc2=O)cc1. The molecule has 1 heterocycles. The molecule has 0 fully saturated rings. The maximum Gasteiger partial charge on any atom is 0.271 e. The van der Waals surface area contributed by atoms with Crippen LogP contribution in [0, 0.1) is 6.92 Å². The lowest BCUT2D eigenvalue weighted by Gasteiger charge is -2.09. The average molecular weight is 460 g/mol. The molecule has 0 aliphatic carbocycles. The van der Waals surface area contributed by atoms with E-state index in [1.807, 2.05) is 25.1 Å². The lowest BCUT2D eigenvalue weighted by atomic mass is 10.2. The number of thioether (sulfide) groups is 1. The first-order valence-electron chi connectivity index (χ1n) is 8.40. The Morgan fingerprint density at radius 3 is 2.61 bits per heavy atom. The molecular weight excluding hydrogens is 442 g/mol. The van der Waals surface area contributed by atoms with Crippen molar-refractivity contribution in [1.29, 1.82) is 0 Å². The second kappa shape index (κ2) is 9.07. The molecule has 8 heteroatoms. The smallest absolute Gasteiger partial charge is 0.271 e. The number of hydrogen-bond acceptors (Lipinski definition) is 5. The summed E-state index contributed by atoms with van der Waals surface area (Å²) in [4.78, 5) is 24.4. The number of benzene rings is 2. The van der Waals surface area contributed by atoms with Crippen LogP contribution in [0.15, 0.2) is 68.9 Å². The number of halogens is 1. The highest BCUT2D eigenvalue weighted by Crippen LogP contribution is 2.24. The van der Waals surface area contributed by atoms with Crippen molar-refractivity contribution >= 4 is 39.3 Å². The zero-order valence-electron chi connectivity index (χ0n) is 15.3. The van der Waals surface area contributed by atoms with Crippen molar-refractivity contribution in [1.82, 2.24) is 9.78 Å². The van der Waals surface area contributed by atoms with Crippen molar-refractivity contribution in [3.05, 3.63) is 75.0 Å². The number of methoxy groups -OCH3 is 1. The number of aromatic nitrogens is 2. The Hall–Kier alpha value is -2.58. The van der Waals surface area contributed by atoms with E-state index in [0.717, 1.165) is 10.0 Å². The largest absolute Gasteiger partial charge is 0.497 e. The third-order valence-electron chi connectivity index (χ3n) is 3.84. The molecule has 1 aromatic heterocycles. The lowest BCUT2D eigenvalue weighted by molar-refractivity contribution is -0.113. The van der Waals surface area contributed by atoms with Gasteiger partial charge < -0.3 is 10.1 Å². The molecule has 0 unspecified atom stereocenters. The fourth-order valence-corrected chi connectivity index (χ4v) is 3.67. The summed E-state index contributed by atoms with van der Waals surface area (Å²) >= 11 is 4.70. The first kappa shape index (κ1) is 20.2. The number of aryl methyl sites for hydroxylation is 1. The number of nitrogens with zero attached hydrogens (tertiary/aromatic N) is 2. The monoisotopic (exact) mass is 459 g/mol.